The molecule has 130 valence electrons. The molecule has 0 spiro atoms. The number of hydrogen-bond acceptors (Lipinski definition) is 5. The van der Waals surface area contributed by atoms with Gasteiger partial charge in [0.25, 0.3) is 0 Å². The molecule has 0 aliphatic carbocycles. The molecule has 1 aromatic carbocycles. The number of thioether (sulfide) groups is 1. The van der Waals surface area contributed by atoms with Gasteiger partial charge in [0, 0.05) is 16.0 Å². The van der Waals surface area contributed by atoms with Crippen molar-refractivity contribution in [2.24, 2.45) is 0 Å². The number of fused-ring (bicyclic) bond motifs is 1. The molecule has 0 aliphatic rings. The normalized spacial score (nSPS) is 12.3. The van der Waals surface area contributed by atoms with Crippen LogP contribution in [-0.2, 0) is 11.2 Å². The number of amides is 1. The summed E-state index contributed by atoms with van der Waals surface area (Å²) in [6.45, 7) is 3.98. The highest BCUT2D eigenvalue weighted by Gasteiger charge is 2.18. The van der Waals surface area contributed by atoms with Gasteiger partial charge in [0.05, 0.1) is 5.25 Å². The summed E-state index contributed by atoms with van der Waals surface area (Å²) in [4.78, 5) is 23.4. The van der Waals surface area contributed by atoms with Crippen molar-refractivity contribution in [3.8, 4) is 0 Å². The van der Waals surface area contributed by atoms with Crippen LogP contribution in [0.1, 0.15) is 25.1 Å². The molecule has 0 radical (unpaired) electrons. The maximum absolute atomic E-state index is 12.3. The fraction of sp³-hybridized carbons (Fsp3) is 0.278. The molecule has 3 rings (SSSR count). The van der Waals surface area contributed by atoms with Gasteiger partial charge in [-0.25, -0.2) is 9.97 Å². The quantitative estimate of drug-likeness (QED) is 0.346. The van der Waals surface area contributed by atoms with Crippen molar-refractivity contribution in [1.82, 2.24) is 9.97 Å². The van der Waals surface area contributed by atoms with E-state index in [1.165, 1.54) is 16.6 Å². The highest BCUT2D eigenvalue weighted by atomic mass is 35.5. The summed E-state index contributed by atoms with van der Waals surface area (Å²) in [6, 6.07) is 11.5. The lowest BCUT2D eigenvalue weighted by Gasteiger charge is -2.11. The Morgan fingerprint density at radius 3 is 2.80 bits per heavy atom. The second kappa shape index (κ2) is 8.17. The van der Waals surface area contributed by atoms with E-state index in [2.05, 4.69) is 28.3 Å². The number of nitrogens with zero attached hydrogens (tertiary/aromatic N) is 2. The Morgan fingerprint density at radius 1 is 1.32 bits per heavy atom. The van der Waals surface area contributed by atoms with Gasteiger partial charge in [-0.1, -0.05) is 54.9 Å². The van der Waals surface area contributed by atoms with Crippen molar-refractivity contribution < 1.29 is 4.79 Å². The molecule has 2 aromatic heterocycles. The van der Waals surface area contributed by atoms with Crippen LogP contribution in [0.5, 0.6) is 0 Å². The Hall–Kier alpha value is -1.63. The molecule has 25 heavy (non-hydrogen) atoms. The van der Waals surface area contributed by atoms with Gasteiger partial charge in [0.15, 0.2) is 5.16 Å². The number of anilines is 1. The molecule has 3 aromatic rings. The van der Waals surface area contributed by atoms with Crippen molar-refractivity contribution >= 4 is 56.5 Å². The molecule has 7 heteroatoms. The largest absolute Gasteiger partial charge is 0.325 e. The molecule has 1 amide bonds. The number of thiophene rings is 1. The Balaban J connectivity index is 1.74. The van der Waals surface area contributed by atoms with Crippen LogP contribution < -0.4 is 5.32 Å². The molecule has 1 unspecified atom stereocenters. The van der Waals surface area contributed by atoms with E-state index < -0.39 is 0 Å². The Labute approximate surface area is 160 Å². The molecule has 0 saturated heterocycles. The third-order valence-electron chi connectivity index (χ3n) is 3.57. The highest BCUT2D eigenvalue weighted by molar-refractivity contribution is 8.00. The number of halogens is 1. The summed E-state index contributed by atoms with van der Waals surface area (Å²) >= 11 is 9.26. The summed E-state index contributed by atoms with van der Waals surface area (Å²) < 4.78 is 0. The van der Waals surface area contributed by atoms with E-state index in [0.29, 0.717) is 10.3 Å². The minimum absolute atomic E-state index is 0.0890. The van der Waals surface area contributed by atoms with E-state index in [1.807, 2.05) is 37.3 Å². The SMILES string of the molecule is CCCc1cc2c(Cl)nc(SC(C)C(=O)Nc3ccccc3)nc2s1. The molecule has 4 nitrogen and oxygen atoms in total. The molecule has 0 saturated carbocycles. The molecule has 1 N–H and O–H groups in total. The van der Waals surface area contributed by atoms with E-state index in [-0.39, 0.29) is 11.2 Å². The topological polar surface area (TPSA) is 54.9 Å². The van der Waals surface area contributed by atoms with Gasteiger partial charge in [-0.05, 0) is 31.5 Å². The molecule has 1 atom stereocenters. The van der Waals surface area contributed by atoms with Gasteiger partial charge >= 0.3 is 0 Å². The van der Waals surface area contributed by atoms with Crippen LogP contribution in [0.15, 0.2) is 41.6 Å². The number of carbonyl (C=O) groups excluding carboxylic acids is 1. The first-order valence-corrected chi connectivity index (χ1v) is 10.1. The number of aryl methyl sites for hydroxylation is 1. The third-order valence-corrected chi connectivity index (χ3v) is 5.90. The van der Waals surface area contributed by atoms with Crippen LogP contribution in [-0.4, -0.2) is 21.1 Å². The standard InChI is InChI=1S/C18H18ClN3OS2/c1-3-7-13-10-14-15(19)21-18(22-17(14)25-13)24-11(2)16(23)20-12-8-5-4-6-9-12/h4-6,8-11H,3,7H2,1-2H3,(H,20,23). The van der Waals surface area contributed by atoms with E-state index in [0.717, 1.165) is 28.7 Å². The average Bonchev–Trinajstić information content (AvgIpc) is 2.99. The van der Waals surface area contributed by atoms with Crippen molar-refractivity contribution in [3.63, 3.8) is 0 Å². The monoisotopic (exact) mass is 391 g/mol. The number of benzene rings is 1. The van der Waals surface area contributed by atoms with Crippen molar-refractivity contribution in [2.45, 2.75) is 37.1 Å². The van der Waals surface area contributed by atoms with E-state index in [9.17, 15) is 4.79 Å². The molecule has 0 bridgehead atoms. The predicted molar refractivity (Wildman–Crippen MR) is 107 cm³/mol. The van der Waals surface area contributed by atoms with Crippen LogP contribution >= 0.6 is 34.7 Å². The molecular formula is C18H18ClN3OS2. The van der Waals surface area contributed by atoms with Gasteiger partial charge in [-0.3, -0.25) is 4.79 Å². The van der Waals surface area contributed by atoms with E-state index in [4.69, 9.17) is 11.6 Å². The van der Waals surface area contributed by atoms with Crippen LogP contribution in [0.25, 0.3) is 10.2 Å². The zero-order valence-electron chi connectivity index (χ0n) is 14.0. The van der Waals surface area contributed by atoms with Gasteiger partial charge < -0.3 is 5.32 Å². The van der Waals surface area contributed by atoms with E-state index >= 15 is 0 Å². The lowest BCUT2D eigenvalue weighted by atomic mass is 10.3. The van der Waals surface area contributed by atoms with Gasteiger partial charge in [-0.15, -0.1) is 11.3 Å². The average molecular weight is 392 g/mol. The Morgan fingerprint density at radius 2 is 2.08 bits per heavy atom. The second-order valence-corrected chi connectivity index (χ2v) is 8.38. The number of rotatable bonds is 6. The molecular weight excluding hydrogens is 374 g/mol. The zero-order chi connectivity index (χ0) is 17.8. The van der Waals surface area contributed by atoms with Crippen molar-refractivity contribution in [3.05, 3.63) is 46.4 Å². The first kappa shape index (κ1) is 18.2. The van der Waals surface area contributed by atoms with Gasteiger partial charge in [0.2, 0.25) is 5.91 Å². The molecule has 2 heterocycles. The van der Waals surface area contributed by atoms with Crippen LogP contribution in [0.3, 0.4) is 0 Å². The first-order valence-electron chi connectivity index (χ1n) is 8.05. The summed E-state index contributed by atoms with van der Waals surface area (Å²) in [6.07, 6.45) is 2.09. The fourth-order valence-electron chi connectivity index (χ4n) is 2.32. The first-order chi connectivity index (χ1) is 12.1. The van der Waals surface area contributed by atoms with Crippen LogP contribution in [0.2, 0.25) is 5.15 Å². The van der Waals surface area contributed by atoms with E-state index in [1.54, 1.807) is 11.3 Å². The third kappa shape index (κ3) is 4.51. The summed E-state index contributed by atoms with van der Waals surface area (Å²) in [5.74, 6) is -0.0890. The smallest absolute Gasteiger partial charge is 0.237 e. The Kier molecular flexibility index (Phi) is 5.93. The number of carbonyl (C=O) groups is 1. The number of hydrogen-bond donors (Lipinski definition) is 1. The zero-order valence-corrected chi connectivity index (χ0v) is 16.3. The summed E-state index contributed by atoms with van der Waals surface area (Å²) in [5, 5.41) is 4.42. The Bertz CT molecular complexity index is 883. The van der Waals surface area contributed by atoms with Crippen molar-refractivity contribution in [2.75, 3.05) is 5.32 Å². The maximum Gasteiger partial charge on any atom is 0.237 e. The molecule has 0 aliphatic heterocycles. The lowest BCUT2D eigenvalue weighted by molar-refractivity contribution is -0.115. The van der Waals surface area contributed by atoms with Crippen molar-refractivity contribution in [1.29, 1.82) is 0 Å². The lowest BCUT2D eigenvalue weighted by Crippen LogP contribution is -2.22. The number of aromatic nitrogens is 2. The summed E-state index contributed by atoms with van der Waals surface area (Å²) in [7, 11) is 0. The number of nitrogens with one attached hydrogen (secondary N) is 1. The highest BCUT2D eigenvalue weighted by Crippen LogP contribution is 2.32. The van der Waals surface area contributed by atoms with Crippen LogP contribution in [0.4, 0.5) is 5.69 Å². The fourth-order valence-corrected chi connectivity index (χ4v) is 4.60. The van der Waals surface area contributed by atoms with Gasteiger partial charge in [-0.2, -0.15) is 0 Å². The summed E-state index contributed by atoms with van der Waals surface area (Å²) in [5.41, 5.74) is 0.775. The predicted octanol–water partition coefficient (Wildman–Crippen LogP) is 5.42. The maximum atomic E-state index is 12.3. The second-order valence-electron chi connectivity index (χ2n) is 5.59. The molecule has 0 fully saturated rings. The minimum Gasteiger partial charge on any atom is -0.325 e. The number of para-hydroxylation sites is 1. The van der Waals surface area contributed by atoms with Crippen LogP contribution in [0, 0.1) is 0 Å². The minimum atomic E-state index is -0.330. The van der Waals surface area contributed by atoms with Gasteiger partial charge in [0.1, 0.15) is 9.98 Å².